The van der Waals surface area contributed by atoms with E-state index in [1.807, 2.05) is 6.07 Å². The summed E-state index contributed by atoms with van der Waals surface area (Å²) >= 11 is 0. The number of carbonyl (C=O) groups excluding carboxylic acids is 1. The van der Waals surface area contributed by atoms with Gasteiger partial charge in [0.1, 0.15) is 11.0 Å². The van der Waals surface area contributed by atoms with Crippen LogP contribution in [0.15, 0.2) is 82.8 Å². The number of carbonyl (C=O) groups is 1. The number of fused-ring (bicyclic) bond motifs is 1. The minimum Gasteiger partial charge on any atom is -0.483 e. The fraction of sp³-hybridized carbons (Fsp3) is 0.182. The number of rotatable bonds is 7. The lowest BCUT2D eigenvalue weighted by atomic mass is 10.1. The molecule has 0 aliphatic carbocycles. The third-order valence-electron chi connectivity index (χ3n) is 5.10. The van der Waals surface area contributed by atoms with E-state index in [2.05, 4.69) is 10.3 Å². The minimum absolute atomic E-state index is 0.0806. The zero-order valence-electron chi connectivity index (χ0n) is 16.9. The van der Waals surface area contributed by atoms with Crippen LogP contribution in [-0.2, 0) is 21.2 Å². The molecule has 0 bridgehead atoms. The summed E-state index contributed by atoms with van der Waals surface area (Å²) in [6, 6.07) is 16.0. The van der Waals surface area contributed by atoms with Crippen molar-refractivity contribution in [1.82, 2.24) is 10.3 Å². The van der Waals surface area contributed by atoms with Gasteiger partial charge in [-0.2, -0.15) is 10.6 Å². The monoisotopic (exact) mass is 474 g/mol. The quantitative estimate of drug-likeness (QED) is 0.479. The van der Waals surface area contributed by atoms with E-state index in [1.54, 1.807) is 42.7 Å². The molecular formula is C22H22N2O6S2. The van der Waals surface area contributed by atoms with Gasteiger partial charge in [-0.05, 0) is 35.9 Å². The molecule has 3 aromatic rings. The normalized spacial score (nSPS) is 17.9. The Kier molecular flexibility index (Phi) is 6.20. The average molecular weight is 475 g/mol. The highest BCUT2D eigenvalue weighted by atomic mass is 32.3. The van der Waals surface area contributed by atoms with E-state index >= 15 is 0 Å². The highest BCUT2D eigenvalue weighted by molar-refractivity contribution is 8.25. The van der Waals surface area contributed by atoms with Gasteiger partial charge in [-0.15, -0.1) is 0 Å². The maximum absolute atomic E-state index is 13.3. The molecule has 0 saturated carbocycles. The second-order valence-corrected chi connectivity index (χ2v) is 11.5. The number of sulfone groups is 1. The number of pyridine rings is 1. The smallest absolute Gasteiger partial charge is 0.258 e. The standard InChI is InChI=1S/C22H22N2O6S2/c25-21(24-13-16-6-5-11-23-12-16)14-30-18-9-4-10-19-22(18)20(15-31(19,26)27)32(28,29)17-7-2-1-3-8-17/h1-12,20,26-27H,13-15H2,(H,24,25). The van der Waals surface area contributed by atoms with Crippen LogP contribution in [0.5, 0.6) is 5.75 Å². The van der Waals surface area contributed by atoms with E-state index in [-0.39, 0.29) is 40.0 Å². The molecule has 0 radical (unpaired) electrons. The topological polar surface area (TPSA) is 126 Å². The fourth-order valence-corrected chi connectivity index (χ4v) is 7.99. The third-order valence-corrected chi connectivity index (χ3v) is 9.25. The number of hydrogen-bond acceptors (Lipinski definition) is 7. The van der Waals surface area contributed by atoms with Crippen LogP contribution < -0.4 is 10.1 Å². The number of benzene rings is 2. The Morgan fingerprint density at radius 2 is 1.88 bits per heavy atom. The van der Waals surface area contributed by atoms with E-state index in [1.165, 1.54) is 24.3 Å². The Hall–Kier alpha value is -2.92. The van der Waals surface area contributed by atoms with Gasteiger partial charge in [-0.1, -0.05) is 30.3 Å². The van der Waals surface area contributed by atoms with Gasteiger partial charge in [-0.25, -0.2) is 8.42 Å². The molecule has 2 heterocycles. The number of nitrogens with zero attached hydrogens (tertiary/aromatic N) is 1. The first-order valence-electron chi connectivity index (χ1n) is 9.75. The first-order chi connectivity index (χ1) is 15.3. The van der Waals surface area contributed by atoms with Gasteiger partial charge >= 0.3 is 0 Å². The molecule has 1 atom stereocenters. The van der Waals surface area contributed by atoms with E-state index in [0.717, 1.165) is 5.56 Å². The maximum Gasteiger partial charge on any atom is 0.258 e. The zero-order valence-corrected chi connectivity index (χ0v) is 18.6. The van der Waals surface area contributed by atoms with Gasteiger partial charge in [0.25, 0.3) is 5.91 Å². The molecule has 1 aromatic heterocycles. The lowest BCUT2D eigenvalue weighted by Crippen LogP contribution is -2.28. The molecule has 32 heavy (non-hydrogen) atoms. The summed E-state index contributed by atoms with van der Waals surface area (Å²) in [5, 5.41) is 1.51. The third kappa shape index (κ3) is 4.49. The van der Waals surface area contributed by atoms with E-state index in [9.17, 15) is 22.3 Å². The second-order valence-electron chi connectivity index (χ2n) is 7.27. The Morgan fingerprint density at radius 1 is 1.09 bits per heavy atom. The van der Waals surface area contributed by atoms with Crippen molar-refractivity contribution < 1.29 is 27.1 Å². The summed E-state index contributed by atoms with van der Waals surface area (Å²) in [5.74, 6) is -0.618. The van der Waals surface area contributed by atoms with Crippen molar-refractivity contribution in [3.63, 3.8) is 0 Å². The van der Waals surface area contributed by atoms with Crippen LogP contribution in [0.4, 0.5) is 0 Å². The lowest BCUT2D eigenvalue weighted by Gasteiger charge is -2.27. The molecule has 3 N–H and O–H groups in total. The first kappa shape index (κ1) is 22.3. The molecule has 0 spiro atoms. The van der Waals surface area contributed by atoms with Gasteiger partial charge in [0, 0.05) is 24.5 Å². The Balaban J connectivity index is 1.56. The molecular weight excluding hydrogens is 452 g/mol. The molecule has 1 amide bonds. The minimum atomic E-state index is -3.92. The fourth-order valence-electron chi connectivity index (χ4n) is 3.55. The van der Waals surface area contributed by atoms with Gasteiger partial charge in [0.2, 0.25) is 0 Å². The van der Waals surface area contributed by atoms with E-state index in [0.29, 0.717) is 0 Å². The van der Waals surface area contributed by atoms with Crippen molar-refractivity contribution >= 4 is 26.3 Å². The number of amides is 1. The summed E-state index contributed by atoms with van der Waals surface area (Å²) in [4.78, 5) is 16.4. The van der Waals surface area contributed by atoms with Crippen LogP contribution in [0, 0.1) is 0 Å². The van der Waals surface area contributed by atoms with E-state index < -0.39 is 31.6 Å². The molecule has 0 fully saturated rings. The van der Waals surface area contributed by atoms with Crippen molar-refractivity contribution in [3.05, 3.63) is 84.2 Å². The molecule has 1 aliphatic rings. The van der Waals surface area contributed by atoms with Crippen molar-refractivity contribution in [2.24, 2.45) is 0 Å². The van der Waals surface area contributed by atoms with Crippen molar-refractivity contribution in [3.8, 4) is 5.75 Å². The van der Waals surface area contributed by atoms with Crippen LogP contribution >= 0.6 is 10.6 Å². The Labute approximate surface area is 187 Å². The first-order valence-corrected chi connectivity index (χ1v) is 13.0. The molecule has 8 nitrogen and oxygen atoms in total. The van der Waals surface area contributed by atoms with Gasteiger partial charge in [0.15, 0.2) is 16.4 Å². The predicted octanol–water partition coefficient (Wildman–Crippen LogP) is 3.41. The highest BCUT2D eigenvalue weighted by Crippen LogP contribution is 2.63. The number of hydrogen-bond donors (Lipinski definition) is 3. The van der Waals surface area contributed by atoms with Crippen molar-refractivity contribution in [2.75, 3.05) is 12.4 Å². The molecule has 168 valence electrons. The van der Waals surface area contributed by atoms with Crippen molar-refractivity contribution in [2.45, 2.75) is 21.6 Å². The molecule has 4 rings (SSSR count). The van der Waals surface area contributed by atoms with Gasteiger partial charge < -0.3 is 10.1 Å². The van der Waals surface area contributed by atoms with Crippen molar-refractivity contribution in [1.29, 1.82) is 0 Å². The van der Waals surface area contributed by atoms with Crippen LogP contribution in [0.2, 0.25) is 0 Å². The molecule has 1 unspecified atom stereocenters. The summed E-state index contributed by atoms with van der Waals surface area (Å²) in [7, 11) is -7.24. The summed E-state index contributed by atoms with van der Waals surface area (Å²) in [6.07, 6.45) is 3.27. The van der Waals surface area contributed by atoms with E-state index in [4.69, 9.17) is 4.74 Å². The lowest BCUT2D eigenvalue weighted by molar-refractivity contribution is -0.123. The number of aromatic nitrogens is 1. The SMILES string of the molecule is O=C(COc1cccc2c1C(S(=O)(=O)c1ccccc1)CS2(O)O)NCc1cccnc1. The zero-order chi connectivity index (χ0) is 22.8. The summed E-state index contributed by atoms with van der Waals surface area (Å²) < 4.78 is 53.4. The second kappa shape index (κ2) is 8.91. The molecule has 10 heteroatoms. The van der Waals surface area contributed by atoms with Gasteiger partial charge in [-0.3, -0.25) is 18.9 Å². The van der Waals surface area contributed by atoms with Crippen LogP contribution in [0.3, 0.4) is 0 Å². The molecule has 0 saturated heterocycles. The molecule has 2 aromatic carbocycles. The summed E-state index contributed by atoms with van der Waals surface area (Å²) in [6.45, 7) is -0.0809. The van der Waals surface area contributed by atoms with Crippen LogP contribution in [0.25, 0.3) is 0 Å². The Bertz CT molecular complexity index is 1220. The average Bonchev–Trinajstić information content (AvgIpc) is 3.09. The largest absolute Gasteiger partial charge is 0.483 e. The van der Waals surface area contributed by atoms with Crippen LogP contribution in [-0.4, -0.2) is 40.8 Å². The Morgan fingerprint density at radius 3 is 2.59 bits per heavy atom. The highest BCUT2D eigenvalue weighted by Gasteiger charge is 2.45. The number of nitrogens with one attached hydrogen (secondary N) is 1. The summed E-state index contributed by atoms with van der Waals surface area (Å²) in [5.41, 5.74) is 1.01. The number of ether oxygens (including phenoxy) is 1. The van der Waals surface area contributed by atoms with Crippen LogP contribution in [0.1, 0.15) is 16.4 Å². The van der Waals surface area contributed by atoms with Gasteiger partial charge in [0.05, 0.1) is 15.5 Å². The maximum atomic E-state index is 13.3. The predicted molar refractivity (Wildman–Crippen MR) is 120 cm³/mol. The molecule has 1 aliphatic heterocycles.